The van der Waals surface area contributed by atoms with Crippen LogP contribution in [0.4, 0.5) is 0 Å². The summed E-state index contributed by atoms with van der Waals surface area (Å²) in [5.74, 6) is 1.02. The summed E-state index contributed by atoms with van der Waals surface area (Å²) in [5, 5.41) is 0. The van der Waals surface area contributed by atoms with E-state index in [9.17, 15) is 8.42 Å². The highest BCUT2D eigenvalue weighted by atomic mass is 32.2. The van der Waals surface area contributed by atoms with Crippen LogP contribution < -0.4 is 5.73 Å². The second kappa shape index (κ2) is 5.85. The number of rotatable bonds is 4. The molecule has 1 fully saturated rings. The fourth-order valence-corrected chi connectivity index (χ4v) is 4.47. The SMILES string of the molecule is NCCc1cccc(CC2CCCS(=O)(=O)C2)c1. The highest BCUT2D eigenvalue weighted by Crippen LogP contribution is 2.22. The summed E-state index contributed by atoms with van der Waals surface area (Å²) in [6, 6.07) is 8.36. The Balaban J connectivity index is 2.02. The average Bonchev–Trinajstić information content (AvgIpc) is 2.28. The minimum atomic E-state index is -2.79. The smallest absolute Gasteiger partial charge is 0.150 e. The fraction of sp³-hybridized carbons (Fsp3) is 0.571. The lowest BCUT2D eigenvalue weighted by Gasteiger charge is -2.22. The molecular formula is C14H21NO2S. The molecule has 0 aromatic heterocycles. The Morgan fingerprint density at radius 2 is 2.06 bits per heavy atom. The normalized spacial score (nSPS) is 22.8. The summed E-state index contributed by atoms with van der Waals surface area (Å²) in [4.78, 5) is 0. The predicted molar refractivity (Wildman–Crippen MR) is 74.3 cm³/mol. The van der Waals surface area contributed by atoms with Crippen LogP contribution in [-0.4, -0.2) is 26.5 Å². The van der Waals surface area contributed by atoms with E-state index in [1.165, 1.54) is 11.1 Å². The van der Waals surface area contributed by atoms with Crippen molar-refractivity contribution in [1.29, 1.82) is 0 Å². The number of benzene rings is 1. The molecule has 0 saturated carbocycles. The van der Waals surface area contributed by atoms with Gasteiger partial charge in [-0.1, -0.05) is 24.3 Å². The molecule has 1 heterocycles. The van der Waals surface area contributed by atoms with Crippen LogP contribution in [0.5, 0.6) is 0 Å². The Morgan fingerprint density at radius 3 is 2.78 bits per heavy atom. The molecule has 1 aromatic carbocycles. The summed E-state index contributed by atoms with van der Waals surface area (Å²) in [7, 11) is -2.79. The second-order valence-corrected chi connectivity index (χ2v) is 7.41. The topological polar surface area (TPSA) is 60.2 Å². The van der Waals surface area contributed by atoms with E-state index in [1.807, 2.05) is 6.07 Å². The predicted octanol–water partition coefficient (Wildman–Crippen LogP) is 1.56. The first-order valence-electron chi connectivity index (χ1n) is 6.57. The highest BCUT2D eigenvalue weighted by Gasteiger charge is 2.24. The van der Waals surface area contributed by atoms with Gasteiger partial charge >= 0.3 is 0 Å². The number of nitrogens with two attached hydrogens (primary N) is 1. The van der Waals surface area contributed by atoms with E-state index in [4.69, 9.17) is 5.73 Å². The number of sulfone groups is 1. The quantitative estimate of drug-likeness (QED) is 0.900. The van der Waals surface area contributed by atoms with Crippen LogP contribution in [0, 0.1) is 5.92 Å². The van der Waals surface area contributed by atoms with Crippen molar-refractivity contribution in [3.05, 3.63) is 35.4 Å². The van der Waals surface area contributed by atoms with Crippen LogP contribution in [-0.2, 0) is 22.7 Å². The van der Waals surface area contributed by atoms with Crippen molar-refractivity contribution in [1.82, 2.24) is 0 Å². The highest BCUT2D eigenvalue weighted by molar-refractivity contribution is 7.91. The lowest BCUT2D eigenvalue weighted by Crippen LogP contribution is -2.26. The molecule has 1 atom stereocenters. The van der Waals surface area contributed by atoms with E-state index in [0.717, 1.165) is 25.7 Å². The summed E-state index contributed by atoms with van der Waals surface area (Å²) in [6.45, 7) is 0.654. The van der Waals surface area contributed by atoms with Crippen LogP contribution in [0.2, 0.25) is 0 Å². The van der Waals surface area contributed by atoms with Gasteiger partial charge in [0.05, 0.1) is 11.5 Å². The van der Waals surface area contributed by atoms with E-state index in [-0.39, 0.29) is 5.92 Å². The van der Waals surface area contributed by atoms with Crippen LogP contribution in [0.1, 0.15) is 24.0 Å². The molecule has 3 nitrogen and oxygen atoms in total. The van der Waals surface area contributed by atoms with Crippen LogP contribution in [0.25, 0.3) is 0 Å². The molecule has 1 saturated heterocycles. The molecule has 4 heteroatoms. The first-order chi connectivity index (χ1) is 8.59. The molecule has 18 heavy (non-hydrogen) atoms. The maximum Gasteiger partial charge on any atom is 0.150 e. The molecule has 0 amide bonds. The van der Waals surface area contributed by atoms with E-state index in [2.05, 4.69) is 18.2 Å². The molecule has 1 aliphatic rings. The van der Waals surface area contributed by atoms with Gasteiger partial charge in [-0.25, -0.2) is 8.42 Å². The molecule has 100 valence electrons. The van der Waals surface area contributed by atoms with Gasteiger partial charge in [0, 0.05) is 0 Å². The third kappa shape index (κ3) is 3.82. The van der Waals surface area contributed by atoms with Crippen molar-refractivity contribution in [3.63, 3.8) is 0 Å². The first-order valence-corrected chi connectivity index (χ1v) is 8.39. The van der Waals surface area contributed by atoms with Gasteiger partial charge in [-0.3, -0.25) is 0 Å². The van der Waals surface area contributed by atoms with Gasteiger partial charge in [0.1, 0.15) is 0 Å². The van der Waals surface area contributed by atoms with Gasteiger partial charge in [-0.05, 0) is 49.3 Å². The molecule has 1 unspecified atom stereocenters. The zero-order valence-corrected chi connectivity index (χ0v) is 11.5. The molecule has 0 bridgehead atoms. The average molecular weight is 267 g/mol. The Bertz CT molecular complexity index is 496. The standard InChI is InChI=1S/C14H21NO2S/c15-7-6-12-3-1-4-13(9-12)10-14-5-2-8-18(16,17)11-14/h1,3-4,9,14H,2,5-8,10-11,15H2. The first kappa shape index (κ1) is 13.6. The fourth-order valence-electron chi connectivity index (χ4n) is 2.69. The Hall–Kier alpha value is -0.870. The third-order valence-corrected chi connectivity index (χ3v) is 5.40. The van der Waals surface area contributed by atoms with Gasteiger partial charge in [-0.15, -0.1) is 0 Å². The molecule has 0 aliphatic carbocycles. The van der Waals surface area contributed by atoms with E-state index < -0.39 is 9.84 Å². The molecule has 1 aromatic rings. The summed E-state index contributed by atoms with van der Waals surface area (Å²) >= 11 is 0. The monoisotopic (exact) mass is 267 g/mol. The third-order valence-electron chi connectivity index (χ3n) is 3.51. The van der Waals surface area contributed by atoms with Crippen molar-refractivity contribution >= 4 is 9.84 Å². The molecule has 2 rings (SSSR count). The molecule has 2 N–H and O–H groups in total. The van der Waals surface area contributed by atoms with E-state index in [1.54, 1.807) is 0 Å². The summed E-state index contributed by atoms with van der Waals surface area (Å²) < 4.78 is 23.2. The van der Waals surface area contributed by atoms with Gasteiger partial charge in [0.15, 0.2) is 9.84 Å². The Kier molecular flexibility index (Phi) is 4.40. The molecule has 0 spiro atoms. The van der Waals surface area contributed by atoms with Crippen LogP contribution in [0.3, 0.4) is 0 Å². The lowest BCUT2D eigenvalue weighted by atomic mass is 9.95. The van der Waals surface area contributed by atoms with E-state index >= 15 is 0 Å². The Labute approximate surface area is 109 Å². The lowest BCUT2D eigenvalue weighted by molar-refractivity contribution is 0.483. The largest absolute Gasteiger partial charge is 0.330 e. The summed E-state index contributed by atoms with van der Waals surface area (Å²) in [6.07, 6.45) is 3.60. The number of hydrogen-bond acceptors (Lipinski definition) is 3. The number of hydrogen-bond donors (Lipinski definition) is 1. The van der Waals surface area contributed by atoms with E-state index in [0.29, 0.717) is 18.1 Å². The second-order valence-electron chi connectivity index (χ2n) is 5.19. The van der Waals surface area contributed by atoms with Crippen molar-refractivity contribution < 1.29 is 8.42 Å². The maximum absolute atomic E-state index is 11.6. The van der Waals surface area contributed by atoms with Gasteiger partial charge in [-0.2, -0.15) is 0 Å². The molecular weight excluding hydrogens is 246 g/mol. The van der Waals surface area contributed by atoms with Gasteiger partial charge in [0.2, 0.25) is 0 Å². The molecule has 1 aliphatic heterocycles. The van der Waals surface area contributed by atoms with Crippen LogP contribution in [0.15, 0.2) is 24.3 Å². The van der Waals surface area contributed by atoms with Crippen molar-refractivity contribution in [2.24, 2.45) is 11.7 Å². The van der Waals surface area contributed by atoms with Gasteiger partial charge in [0.25, 0.3) is 0 Å². The van der Waals surface area contributed by atoms with Gasteiger partial charge < -0.3 is 5.73 Å². The Morgan fingerprint density at radius 1 is 1.28 bits per heavy atom. The molecule has 0 radical (unpaired) electrons. The minimum absolute atomic E-state index is 0.289. The van der Waals surface area contributed by atoms with Crippen molar-refractivity contribution in [3.8, 4) is 0 Å². The van der Waals surface area contributed by atoms with Crippen molar-refractivity contribution in [2.45, 2.75) is 25.7 Å². The van der Waals surface area contributed by atoms with Crippen molar-refractivity contribution in [2.75, 3.05) is 18.1 Å². The van der Waals surface area contributed by atoms with Crippen LogP contribution >= 0.6 is 0 Å². The minimum Gasteiger partial charge on any atom is -0.330 e. The zero-order valence-electron chi connectivity index (χ0n) is 10.6. The zero-order chi connectivity index (χ0) is 13.0. The maximum atomic E-state index is 11.6. The summed E-state index contributed by atoms with van der Waals surface area (Å²) in [5.41, 5.74) is 8.03.